The van der Waals surface area contributed by atoms with Crippen molar-refractivity contribution in [3.05, 3.63) is 36.0 Å². The van der Waals surface area contributed by atoms with Gasteiger partial charge in [-0.3, -0.25) is 33.9 Å². The van der Waals surface area contributed by atoms with Crippen molar-refractivity contribution in [2.75, 3.05) is 117 Å². The standard InChI is InChI=1S/C36H51F2N7O9/c1-42(27-3-4-30-29(23-27)28(7-9-39-30)35(51)41-24-32(47)45-13-8-36(37,38)26-45)11-2-12-43-14-16-44(17-15-43)33(48)25-54-22-21-53-20-19-52-18-10-40-31(46)5-6-34(49)50/h3-4,7,9,23H,2,5-6,8,10-22,24-26H2,1H3,(H,40,46)(H,41,51)(H,49,50). The van der Waals surface area contributed by atoms with Crippen molar-refractivity contribution in [1.29, 1.82) is 0 Å². The molecule has 2 aromatic rings. The van der Waals surface area contributed by atoms with E-state index in [9.17, 15) is 32.8 Å². The number of likely N-dealkylation sites (tertiary alicyclic amines) is 1. The maximum absolute atomic E-state index is 13.5. The molecule has 4 rings (SSSR count). The van der Waals surface area contributed by atoms with Crippen molar-refractivity contribution >= 4 is 46.2 Å². The molecular formula is C36H51F2N7O9. The van der Waals surface area contributed by atoms with Crippen LogP contribution in [0.5, 0.6) is 0 Å². The number of alkyl halides is 2. The van der Waals surface area contributed by atoms with Gasteiger partial charge in [0.1, 0.15) is 6.61 Å². The Morgan fingerprint density at radius 1 is 0.889 bits per heavy atom. The highest BCUT2D eigenvalue weighted by molar-refractivity contribution is 6.07. The number of pyridine rings is 1. The van der Waals surface area contributed by atoms with E-state index < -0.39 is 30.3 Å². The van der Waals surface area contributed by atoms with Gasteiger partial charge in [0.2, 0.25) is 17.7 Å². The van der Waals surface area contributed by atoms with Gasteiger partial charge in [-0.2, -0.15) is 0 Å². The lowest BCUT2D eigenvalue weighted by atomic mass is 10.1. The maximum Gasteiger partial charge on any atom is 0.303 e. The van der Waals surface area contributed by atoms with Gasteiger partial charge in [-0.1, -0.05) is 0 Å². The van der Waals surface area contributed by atoms with E-state index in [0.29, 0.717) is 49.4 Å². The maximum atomic E-state index is 13.5. The molecule has 16 nitrogen and oxygen atoms in total. The van der Waals surface area contributed by atoms with E-state index >= 15 is 0 Å². The molecular weight excluding hydrogens is 712 g/mol. The summed E-state index contributed by atoms with van der Waals surface area (Å²) in [5.41, 5.74) is 1.86. The molecule has 3 heterocycles. The molecule has 2 aliphatic heterocycles. The molecule has 0 bridgehead atoms. The number of hydrogen-bond acceptors (Lipinski definition) is 11. The summed E-state index contributed by atoms with van der Waals surface area (Å²) in [6.07, 6.45) is 1.74. The molecule has 0 unspecified atom stereocenters. The van der Waals surface area contributed by atoms with Gasteiger partial charge >= 0.3 is 5.97 Å². The normalized spacial score (nSPS) is 15.7. The predicted octanol–water partition coefficient (Wildman–Crippen LogP) is 0.834. The van der Waals surface area contributed by atoms with Gasteiger partial charge in [-0.05, 0) is 37.2 Å². The Hall–Kier alpha value is -4.52. The van der Waals surface area contributed by atoms with Crippen molar-refractivity contribution in [2.24, 2.45) is 0 Å². The van der Waals surface area contributed by atoms with E-state index in [1.807, 2.05) is 25.2 Å². The molecule has 18 heteroatoms. The largest absolute Gasteiger partial charge is 0.481 e. The molecule has 4 amide bonds. The topological polar surface area (TPSA) is 183 Å². The minimum absolute atomic E-state index is 0.0187. The minimum Gasteiger partial charge on any atom is -0.481 e. The van der Waals surface area contributed by atoms with Gasteiger partial charge in [0.05, 0.1) is 63.6 Å². The first-order valence-electron chi connectivity index (χ1n) is 18.2. The first kappa shape index (κ1) is 42.2. The van der Waals surface area contributed by atoms with E-state index in [2.05, 4.69) is 25.4 Å². The predicted molar refractivity (Wildman–Crippen MR) is 193 cm³/mol. The fourth-order valence-corrected chi connectivity index (χ4v) is 6.02. The van der Waals surface area contributed by atoms with Crippen LogP contribution in [0, 0.1) is 0 Å². The molecule has 2 fully saturated rings. The van der Waals surface area contributed by atoms with Crippen LogP contribution in [0.2, 0.25) is 0 Å². The number of carboxylic acids is 1. The van der Waals surface area contributed by atoms with E-state index in [1.165, 1.54) is 6.20 Å². The van der Waals surface area contributed by atoms with E-state index in [4.69, 9.17) is 19.3 Å². The zero-order valence-electron chi connectivity index (χ0n) is 30.7. The van der Waals surface area contributed by atoms with Crippen molar-refractivity contribution in [1.82, 2.24) is 30.3 Å². The van der Waals surface area contributed by atoms with Gasteiger partial charge in [-0.25, -0.2) is 8.78 Å². The molecule has 3 N–H and O–H groups in total. The van der Waals surface area contributed by atoms with Crippen LogP contribution in [0.15, 0.2) is 30.5 Å². The second kappa shape index (κ2) is 21.4. The molecule has 1 aromatic carbocycles. The average molecular weight is 764 g/mol. The lowest BCUT2D eigenvalue weighted by Crippen LogP contribution is -2.50. The first-order chi connectivity index (χ1) is 25.9. The summed E-state index contributed by atoms with van der Waals surface area (Å²) in [5, 5.41) is 14.3. The van der Waals surface area contributed by atoms with Crippen LogP contribution in [-0.2, 0) is 33.4 Å². The number of fused-ring (bicyclic) bond motifs is 1. The molecule has 0 atom stereocenters. The smallest absolute Gasteiger partial charge is 0.303 e. The number of anilines is 1. The van der Waals surface area contributed by atoms with Crippen LogP contribution in [0.3, 0.4) is 0 Å². The lowest BCUT2D eigenvalue weighted by Gasteiger charge is -2.35. The number of aromatic nitrogens is 1. The number of rotatable bonds is 22. The number of halogens is 2. The Labute approximate surface area is 313 Å². The van der Waals surface area contributed by atoms with Gasteiger partial charge in [0, 0.05) is 83.0 Å². The van der Waals surface area contributed by atoms with Gasteiger partial charge in [-0.15, -0.1) is 0 Å². The number of carbonyl (C=O) groups is 5. The first-order valence-corrected chi connectivity index (χ1v) is 18.2. The second-order valence-electron chi connectivity index (χ2n) is 13.2. The number of nitrogens with zero attached hydrogens (tertiary/aromatic N) is 5. The number of nitrogens with one attached hydrogen (secondary N) is 2. The zero-order chi connectivity index (χ0) is 38.9. The van der Waals surface area contributed by atoms with E-state index in [1.54, 1.807) is 11.0 Å². The lowest BCUT2D eigenvalue weighted by molar-refractivity contribution is -0.139. The highest BCUT2D eigenvalue weighted by Crippen LogP contribution is 2.27. The fourth-order valence-electron chi connectivity index (χ4n) is 6.02. The van der Waals surface area contributed by atoms with Crippen LogP contribution in [0.25, 0.3) is 10.9 Å². The van der Waals surface area contributed by atoms with Crippen molar-refractivity contribution in [3.8, 4) is 0 Å². The van der Waals surface area contributed by atoms with Crippen LogP contribution in [0.4, 0.5) is 14.5 Å². The van der Waals surface area contributed by atoms with E-state index in [-0.39, 0.29) is 70.5 Å². The number of benzene rings is 1. The van der Waals surface area contributed by atoms with Crippen LogP contribution in [0.1, 0.15) is 36.0 Å². The summed E-state index contributed by atoms with van der Waals surface area (Å²) in [5.74, 6) is -5.34. The Morgan fingerprint density at radius 2 is 1.61 bits per heavy atom. The Balaban J connectivity index is 1.06. The van der Waals surface area contributed by atoms with Gasteiger partial charge < -0.3 is 44.7 Å². The van der Waals surface area contributed by atoms with Gasteiger partial charge in [0.15, 0.2) is 0 Å². The fraction of sp³-hybridized carbons (Fsp3) is 0.611. The van der Waals surface area contributed by atoms with Crippen molar-refractivity contribution < 1.29 is 52.1 Å². The summed E-state index contributed by atoms with van der Waals surface area (Å²) in [4.78, 5) is 71.6. The number of aliphatic carboxylic acids is 1. The number of carboxylic acid groups (broad SMARTS) is 1. The minimum atomic E-state index is -2.90. The third-order valence-corrected chi connectivity index (χ3v) is 9.13. The molecule has 0 spiro atoms. The highest BCUT2D eigenvalue weighted by atomic mass is 19.3. The summed E-state index contributed by atoms with van der Waals surface area (Å²) < 4.78 is 43.3. The third kappa shape index (κ3) is 14.0. The Morgan fingerprint density at radius 3 is 2.31 bits per heavy atom. The van der Waals surface area contributed by atoms with Gasteiger partial charge in [0.25, 0.3) is 11.8 Å². The molecule has 1 aromatic heterocycles. The van der Waals surface area contributed by atoms with Crippen molar-refractivity contribution in [3.63, 3.8) is 0 Å². The number of piperazine rings is 1. The SMILES string of the molecule is CN(CCCN1CCN(C(=O)COCCOCCOCCNC(=O)CCC(=O)O)CC1)c1ccc2nccc(C(=O)NCC(=O)N3CCC(F)(F)C3)c2c1. The Kier molecular flexibility index (Phi) is 16.7. The van der Waals surface area contributed by atoms with Crippen LogP contribution >= 0.6 is 0 Å². The molecule has 2 aliphatic rings. The zero-order valence-corrected chi connectivity index (χ0v) is 30.7. The molecule has 298 valence electrons. The van der Waals surface area contributed by atoms with Crippen molar-refractivity contribution in [2.45, 2.75) is 31.6 Å². The number of hydrogen-bond donors (Lipinski definition) is 3. The number of amides is 4. The quantitative estimate of drug-likeness (QED) is 0.144. The molecule has 2 saturated heterocycles. The molecule has 0 saturated carbocycles. The van der Waals surface area contributed by atoms with Crippen LogP contribution < -0.4 is 15.5 Å². The highest BCUT2D eigenvalue weighted by Gasteiger charge is 2.40. The molecule has 0 aliphatic carbocycles. The Bertz CT molecular complexity index is 1580. The summed E-state index contributed by atoms with van der Waals surface area (Å²) >= 11 is 0. The number of ether oxygens (including phenoxy) is 3. The van der Waals surface area contributed by atoms with E-state index in [0.717, 1.165) is 43.2 Å². The molecule has 54 heavy (non-hydrogen) atoms. The average Bonchev–Trinajstić information content (AvgIpc) is 3.53. The summed E-state index contributed by atoms with van der Waals surface area (Å²) in [7, 11) is 1.97. The van der Waals surface area contributed by atoms with Crippen LogP contribution in [-0.4, -0.2) is 172 Å². The monoisotopic (exact) mass is 763 g/mol. The number of carbonyl (C=O) groups excluding carboxylic acids is 4. The third-order valence-electron chi connectivity index (χ3n) is 9.13. The summed E-state index contributed by atoms with van der Waals surface area (Å²) in [6, 6.07) is 7.23. The molecule has 0 radical (unpaired) electrons. The summed E-state index contributed by atoms with van der Waals surface area (Å²) in [6.45, 7) is 5.12. The second-order valence-corrected chi connectivity index (χ2v) is 13.2.